The molecule has 1 saturated carbocycles. The predicted octanol–water partition coefficient (Wildman–Crippen LogP) is 2.66. The van der Waals surface area contributed by atoms with Gasteiger partial charge >= 0.3 is 0 Å². The zero-order chi connectivity index (χ0) is 19.6. The third-order valence-corrected chi connectivity index (χ3v) is 6.32. The van der Waals surface area contributed by atoms with Gasteiger partial charge in [-0.05, 0) is 23.3 Å². The number of anilines is 1. The van der Waals surface area contributed by atoms with Gasteiger partial charge in [-0.2, -0.15) is 0 Å². The summed E-state index contributed by atoms with van der Waals surface area (Å²) in [4.78, 5) is 40.8. The summed E-state index contributed by atoms with van der Waals surface area (Å²) in [5, 5.41) is 0. The number of rotatable bonds is 3. The lowest BCUT2D eigenvalue weighted by Gasteiger charge is -2.43. The number of methoxy groups -OCH3 is 2. The summed E-state index contributed by atoms with van der Waals surface area (Å²) in [6.07, 6.45) is 0.310. The minimum atomic E-state index is -0.649. The van der Waals surface area contributed by atoms with Crippen molar-refractivity contribution in [2.24, 2.45) is 11.8 Å². The molecule has 0 unspecified atom stereocenters. The van der Waals surface area contributed by atoms with Crippen molar-refractivity contribution in [3.63, 3.8) is 0 Å². The molecule has 4 aliphatic rings. The number of hydrogen-bond donors (Lipinski definition) is 0. The molecule has 28 heavy (non-hydrogen) atoms. The molecule has 1 aliphatic heterocycles. The minimum absolute atomic E-state index is 0.0468. The van der Waals surface area contributed by atoms with Gasteiger partial charge in [-0.1, -0.05) is 24.3 Å². The van der Waals surface area contributed by atoms with Crippen molar-refractivity contribution >= 4 is 23.3 Å². The summed E-state index contributed by atoms with van der Waals surface area (Å²) in [5.74, 6) is -1.58. The molecule has 2 aromatic carbocycles. The Hall–Kier alpha value is -3.15. The van der Waals surface area contributed by atoms with Crippen LogP contribution in [-0.2, 0) is 14.4 Å². The monoisotopic (exact) mass is 377 g/mol. The highest BCUT2D eigenvalue weighted by atomic mass is 16.5. The van der Waals surface area contributed by atoms with Crippen molar-refractivity contribution in [2.45, 2.75) is 18.3 Å². The van der Waals surface area contributed by atoms with Crippen molar-refractivity contribution in [2.75, 3.05) is 19.1 Å². The van der Waals surface area contributed by atoms with Crippen LogP contribution in [0.25, 0.3) is 0 Å². The highest BCUT2D eigenvalue weighted by Crippen LogP contribution is 2.58. The number of imide groups is 1. The molecular weight excluding hydrogens is 358 g/mol. The number of benzene rings is 2. The van der Waals surface area contributed by atoms with Gasteiger partial charge < -0.3 is 9.47 Å². The van der Waals surface area contributed by atoms with Gasteiger partial charge in [0.1, 0.15) is 17.3 Å². The highest BCUT2D eigenvalue weighted by molar-refractivity contribution is 6.25. The molecule has 1 heterocycles. The Kier molecular flexibility index (Phi) is 3.59. The minimum Gasteiger partial charge on any atom is -0.497 e. The molecule has 2 aromatic rings. The molecule has 2 bridgehead atoms. The van der Waals surface area contributed by atoms with Crippen molar-refractivity contribution < 1.29 is 23.9 Å². The molecule has 6 nitrogen and oxygen atoms in total. The number of carbonyl (C=O) groups excluding carboxylic acids is 3. The molecule has 2 fully saturated rings. The Labute approximate surface area is 162 Å². The van der Waals surface area contributed by atoms with E-state index in [-0.39, 0.29) is 23.5 Å². The van der Waals surface area contributed by atoms with Crippen molar-refractivity contribution in [1.29, 1.82) is 0 Å². The molecule has 1 saturated heterocycles. The summed E-state index contributed by atoms with van der Waals surface area (Å²) in [7, 11) is 3.01. The van der Waals surface area contributed by atoms with E-state index < -0.39 is 17.8 Å². The second-order valence-corrected chi connectivity index (χ2v) is 7.48. The van der Waals surface area contributed by atoms with E-state index in [4.69, 9.17) is 9.47 Å². The van der Waals surface area contributed by atoms with Crippen LogP contribution in [0.5, 0.6) is 11.5 Å². The third-order valence-electron chi connectivity index (χ3n) is 6.32. The lowest BCUT2D eigenvalue weighted by Crippen LogP contribution is -2.44. The fourth-order valence-electron chi connectivity index (χ4n) is 5.17. The Balaban J connectivity index is 1.65. The largest absolute Gasteiger partial charge is 0.497 e. The van der Waals surface area contributed by atoms with E-state index in [0.29, 0.717) is 23.6 Å². The number of carbonyl (C=O) groups is 3. The molecule has 142 valence electrons. The van der Waals surface area contributed by atoms with Crippen LogP contribution in [0.3, 0.4) is 0 Å². The molecule has 0 aromatic heterocycles. The smallest absolute Gasteiger partial charge is 0.238 e. The molecule has 3 aliphatic carbocycles. The summed E-state index contributed by atoms with van der Waals surface area (Å²) in [6, 6.07) is 12.7. The first-order valence-corrected chi connectivity index (χ1v) is 9.28. The Morgan fingerprint density at radius 3 is 2.32 bits per heavy atom. The van der Waals surface area contributed by atoms with E-state index in [2.05, 4.69) is 0 Å². The molecule has 0 radical (unpaired) electrons. The van der Waals surface area contributed by atoms with E-state index in [1.54, 1.807) is 18.2 Å². The fraction of sp³-hybridized carbons (Fsp3) is 0.318. The first kappa shape index (κ1) is 17.0. The van der Waals surface area contributed by atoms with E-state index >= 15 is 0 Å². The van der Waals surface area contributed by atoms with Crippen LogP contribution >= 0.6 is 0 Å². The zero-order valence-corrected chi connectivity index (χ0v) is 15.5. The summed E-state index contributed by atoms with van der Waals surface area (Å²) < 4.78 is 10.7. The van der Waals surface area contributed by atoms with Crippen LogP contribution in [0.4, 0.5) is 5.69 Å². The molecular formula is C22H19NO5. The Morgan fingerprint density at radius 1 is 0.893 bits per heavy atom. The van der Waals surface area contributed by atoms with Crippen LogP contribution in [0.15, 0.2) is 42.5 Å². The van der Waals surface area contributed by atoms with Gasteiger partial charge in [0.05, 0.1) is 37.7 Å². The molecule has 6 heteroatoms. The van der Waals surface area contributed by atoms with Gasteiger partial charge in [-0.3, -0.25) is 14.4 Å². The lowest BCUT2D eigenvalue weighted by atomic mass is 9.56. The third kappa shape index (κ3) is 2.06. The van der Waals surface area contributed by atoms with Crippen molar-refractivity contribution in [3.05, 3.63) is 53.6 Å². The van der Waals surface area contributed by atoms with Crippen LogP contribution < -0.4 is 14.4 Å². The van der Waals surface area contributed by atoms with Gasteiger partial charge in [0, 0.05) is 18.4 Å². The SMILES string of the molecule is COc1ccc(OC)c(N2C(=O)[C@H]3[C@H](C2=O)[C@H]2C(=O)C[C@H]3c3ccccc32)c1. The Morgan fingerprint density at radius 2 is 1.61 bits per heavy atom. The number of ketones is 1. The molecule has 0 spiro atoms. The average Bonchev–Trinajstić information content (AvgIpc) is 2.99. The molecule has 6 rings (SSSR count). The van der Waals surface area contributed by atoms with E-state index in [1.807, 2.05) is 24.3 Å². The van der Waals surface area contributed by atoms with Gasteiger partial charge in [-0.15, -0.1) is 0 Å². The van der Waals surface area contributed by atoms with Gasteiger partial charge in [-0.25, -0.2) is 4.90 Å². The number of hydrogen-bond acceptors (Lipinski definition) is 5. The quantitative estimate of drug-likeness (QED) is 0.769. The molecule has 4 atom stereocenters. The molecule has 2 amide bonds. The predicted molar refractivity (Wildman–Crippen MR) is 101 cm³/mol. The van der Waals surface area contributed by atoms with Crippen LogP contribution in [-0.4, -0.2) is 31.8 Å². The van der Waals surface area contributed by atoms with Crippen LogP contribution in [0, 0.1) is 11.8 Å². The summed E-state index contributed by atoms with van der Waals surface area (Å²) in [5.41, 5.74) is 2.28. The number of Topliss-reactive ketones (excluding diaryl/α,β-unsaturated/α-hetero) is 1. The van der Waals surface area contributed by atoms with E-state index in [9.17, 15) is 14.4 Å². The molecule has 0 N–H and O–H groups in total. The topological polar surface area (TPSA) is 72.9 Å². The first-order chi connectivity index (χ1) is 13.6. The van der Waals surface area contributed by atoms with Crippen LogP contribution in [0.1, 0.15) is 29.4 Å². The summed E-state index contributed by atoms with van der Waals surface area (Å²) >= 11 is 0. The normalized spacial score (nSPS) is 27.6. The van der Waals surface area contributed by atoms with Crippen molar-refractivity contribution in [3.8, 4) is 11.5 Å². The maximum Gasteiger partial charge on any atom is 0.238 e. The fourth-order valence-corrected chi connectivity index (χ4v) is 5.17. The summed E-state index contributed by atoms with van der Waals surface area (Å²) in [6.45, 7) is 0. The number of fused-ring (bicyclic) bond motifs is 1. The van der Waals surface area contributed by atoms with Gasteiger partial charge in [0.2, 0.25) is 11.8 Å². The number of ether oxygens (including phenoxy) is 2. The highest BCUT2D eigenvalue weighted by Gasteiger charge is 2.63. The van der Waals surface area contributed by atoms with Crippen LogP contribution in [0.2, 0.25) is 0 Å². The second-order valence-electron chi connectivity index (χ2n) is 7.48. The average molecular weight is 377 g/mol. The lowest BCUT2D eigenvalue weighted by molar-refractivity contribution is -0.134. The van der Waals surface area contributed by atoms with Gasteiger partial charge in [0.25, 0.3) is 0 Å². The maximum atomic E-state index is 13.4. The second kappa shape index (κ2) is 5.92. The van der Waals surface area contributed by atoms with E-state index in [1.165, 1.54) is 19.1 Å². The van der Waals surface area contributed by atoms with Crippen molar-refractivity contribution in [1.82, 2.24) is 0 Å². The Bertz CT molecular complexity index is 1030. The first-order valence-electron chi connectivity index (χ1n) is 9.28. The number of amides is 2. The standard InChI is InChI=1S/C22H19NO5/c1-27-11-7-8-17(28-2)15(9-11)23-21(25)19-14-10-16(24)18(20(19)22(23)26)13-6-4-3-5-12(13)14/h3-9,14,18-20H,10H2,1-2H3/t14-,18+,19+,20+/m0/s1. The van der Waals surface area contributed by atoms with Gasteiger partial charge in [0.15, 0.2) is 0 Å². The zero-order valence-electron chi connectivity index (χ0n) is 15.5. The van der Waals surface area contributed by atoms with E-state index in [0.717, 1.165) is 11.1 Å². The maximum absolute atomic E-state index is 13.4. The number of nitrogens with zero attached hydrogens (tertiary/aromatic N) is 1.